The molecule has 204 valence electrons. The molecule has 1 unspecified atom stereocenters. The zero-order chi connectivity index (χ0) is 28.3. The van der Waals surface area contributed by atoms with Crippen LogP contribution in [0.15, 0.2) is 60.7 Å². The van der Waals surface area contributed by atoms with Crippen LogP contribution in [0.3, 0.4) is 0 Å². The van der Waals surface area contributed by atoms with Crippen LogP contribution in [-0.4, -0.2) is 67.5 Å². The van der Waals surface area contributed by atoms with Crippen molar-refractivity contribution >= 4 is 23.0 Å². The lowest BCUT2D eigenvalue weighted by molar-refractivity contribution is -0.192. The lowest BCUT2D eigenvalue weighted by Crippen LogP contribution is -2.21. The number of carboxylic acid groups (broad SMARTS) is 2. The Morgan fingerprint density at radius 3 is 2.21 bits per heavy atom. The minimum absolute atomic E-state index is 0.200. The number of nitrogens with one attached hydrogen (secondary N) is 1. The maximum atomic E-state index is 11.7. The van der Waals surface area contributed by atoms with Crippen LogP contribution < -0.4 is 0 Å². The number of β-amino-alcohol motifs (C(OH)–C–C–N with tert-alkyl or cyclic N) is 1. The number of aliphatic hydroxyl groups excluding tert-OH is 1. The molecule has 4 N–H and O–H groups in total. The number of fused-ring (bicyclic) bond motifs is 1. The summed E-state index contributed by atoms with van der Waals surface area (Å²) in [6.45, 7) is 4.32. The monoisotopic (exact) mass is 541 g/mol. The van der Waals surface area contributed by atoms with E-state index >= 15 is 0 Å². The fourth-order valence-corrected chi connectivity index (χ4v) is 4.49. The van der Waals surface area contributed by atoms with Crippen LogP contribution in [-0.2, 0) is 11.3 Å². The van der Waals surface area contributed by atoms with Gasteiger partial charge in [0.05, 0.1) is 17.2 Å². The van der Waals surface area contributed by atoms with Gasteiger partial charge in [0.2, 0.25) is 0 Å². The highest BCUT2D eigenvalue weighted by Crippen LogP contribution is 2.30. The van der Waals surface area contributed by atoms with Crippen molar-refractivity contribution in [2.45, 2.75) is 32.2 Å². The molecule has 11 heteroatoms. The van der Waals surface area contributed by atoms with Crippen molar-refractivity contribution in [3.05, 3.63) is 77.6 Å². The summed E-state index contributed by atoms with van der Waals surface area (Å²) < 4.78 is 31.7. The van der Waals surface area contributed by atoms with E-state index in [2.05, 4.69) is 51.3 Å². The van der Waals surface area contributed by atoms with E-state index in [0.29, 0.717) is 11.3 Å². The minimum atomic E-state index is -5.08. The Labute approximate surface area is 221 Å². The van der Waals surface area contributed by atoms with E-state index in [-0.39, 0.29) is 11.7 Å². The molecular weight excluding hydrogens is 515 g/mol. The van der Waals surface area contributed by atoms with Crippen molar-refractivity contribution in [1.82, 2.24) is 14.9 Å². The molecule has 4 aromatic rings. The van der Waals surface area contributed by atoms with Gasteiger partial charge in [-0.05, 0) is 59.4 Å². The molecule has 1 aliphatic heterocycles. The number of aromatic nitrogens is 2. The number of H-pyrrole nitrogens is 1. The molecule has 3 aromatic carbocycles. The van der Waals surface area contributed by atoms with Gasteiger partial charge in [0.1, 0.15) is 11.3 Å². The number of aromatic carboxylic acids is 1. The van der Waals surface area contributed by atoms with Crippen molar-refractivity contribution in [2.75, 3.05) is 13.1 Å². The topological polar surface area (TPSA) is 127 Å². The third kappa shape index (κ3) is 6.81. The first-order valence-corrected chi connectivity index (χ1v) is 12.0. The van der Waals surface area contributed by atoms with Crippen molar-refractivity contribution in [3.63, 3.8) is 0 Å². The van der Waals surface area contributed by atoms with Gasteiger partial charge in [-0.2, -0.15) is 13.2 Å². The van der Waals surface area contributed by atoms with Crippen LogP contribution in [0.25, 0.3) is 33.3 Å². The number of alkyl halides is 3. The maximum Gasteiger partial charge on any atom is 0.490 e. The largest absolute Gasteiger partial charge is 0.490 e. The van der Waals surface area contributed by atoms with Crippen LogP contribution in [0.4, 0.5) is 13.2 Å². The standard InChI is InChI=1S/C26H25N3O3.C2HF3O2/c1-16-27-24-13-21(12-23(26(31)32)25(24)28-16)19-7-5-18(6-8-19)20-4-2-3-17(11-20)14-29-10-9-22(30)15-29;3-2(4,5)1(6)7/h2-8,11-13,22,30H,9-10,14-15H2,1H3,(H,27,28)(H,31,32);(H,6,7). The summed E-state index contributed by atoms with van der Waals surface area (Å²) in [6, 6.07) is 20.3. The van der Waals surface area contributed by atoms with E-state index in [1.807, 2.05) is 25.1 Å². The average molecular weight is 542 g/mol. The minimum Gasteiger partial charge on any atom is -0.478 e. The molecular formula is C28H26F3N3O5. The zero-order valence-electron chi connectivity index (χ0n) is 20.9. The molecule has 2 heterocycles. The normalized spacial score (nSPS) is 15.7. The van der Waals surface area contributed by atoms with E-state index in [0.717, 1.165) is 53.8 Å². The first kappa shape index (κ1) is 27.8. The third-order valence-electron chi connectivity index (χ3n) is 6.31. The summed E-state index contributed by atoms with van der Waals surface area (Å²) in [4.78, 5) is 30.4. The van der Waals surface area contributed by atoms with Gasteiger partial charge in [0.15, 0.2) is 0 Å². The number of hydrogen-bond donors (Lipinski definition) is 4. The summed E-state index contributed by atoms with van der Waals surface area (Å²) >= 11 is 0. The maximum absolute atomic E-state index is 11.7. The van der Waals surface area contributed by atoms with Crippen LogP contribution in [0.2, 0.25) is 0 Å². The Kier molecular flexibility index (Phi) is 8.03. The number of carbonyl (C=O) groups is 2. The molecule has 5 rings (SSSR count). The Hall–Kier alpha value is -4.22. The number of nitrogens with zero attached hydrogens (tertiary/aromatic N) is 2. The smallest absolute Gasteiger partial charge is 0.478 e. The Morgan fingerprint density at radius 1 is 1.00 bits per heavy atom. The van der Waals surface area contributed by atoms with E-state index in [9.17, 15) is 28.2 Å². The predicted molar refractivity (Wildman–Crippen MR) is 138 cm³/mol. The summed E-state index contributed by atoms with van der Waals surface area (Å²) in [5.41, 5.74) is 6.67. The number of aromatic amines is 1. The molecule has 1 atom stereocenters. The van der Waals surface area contributed by atoms with Gasteiger partial charge in [0.25, 0.3) is 0 Å². The molecule has 1 saturated heterocycles. The van der Waals surface area contributed by atoms with Crippen LogP contribution in [0.1, 0.15) is 28.2 Å². The SMILES string of the molecule is Cc1nc2c(C(=O)O)cc(-c3ccc(-c4cccc(CN5CCC(O)C5)c4)cc3)cc2[nH]1.O=C(O)C(F)(F)F. The number of aryl methyl sites for hydroxylation is 1. The van der Waals surface area contributed by atoms with Gasteiger partial charge in [-0.15, -0.1) is 0 Å². The van der Waals surface area contributed by atoms with Gasteiger partial charge < -0.3 is 20.3 Å². The van der Waals surface area contributed by atoms with E-state index in [1.54, 1.807) is 6.07 Å². The molecule has 0 amide bonds. The number of aliphatic hydroxyl groups is 1. The van der Waals surface area contributed by atoms with Crippen LogP contribution in [0, 0.1) is 6.92 Å². The van der Waals surface area contributed by atoms with Gasteiger partial charge >= 0.3 is 18.1 Å². The van der Waals surface area contributed by atoms with Crippen LogP contribution in [0.5, 0.6) is 0 Å². The summed E-state index contributed by atoms with van der Waals surface area (Å²) in [7, 11) is 0. The number of rotatable bonds is 5. The molecule has 0 bridgehead atoms. The number of imidazole rings is 1. The van der Waals surface area contributed by atoms with Gasteiger partial charge in [0, 0.05) is 19.6 Å². The number of hydrogen-bond acceptors (Lipinski definition) is 5. The van der Waals surface area contributed by atoms with Crippen molar-refractivity contribution < 1.29 is 38.1 Å². The lowest BCUT2D eigenvalue weighted by atomic mass is 9.97. The quantitative estimate of drug-likeness (QED) is 0.277. The third-order valence-corrected chi connectivity index (χ3v) is 6.31. The number of likely N-dealkylation sites (tertiary alicyclic amines) is 1. The second-order valence-electron chi connectivity index (χ2n) is 9.31. The first-order valence-electron chi connectivity index (χ1n) is 12.0. The molecule has 0 aliphatic carbocycles. The number of benzene rings is 3. The molecule has 1 aromatic heterocycles. The first-order chi connectivity index (χ1) is 18.4. The molecule has 0 saturated carbocycles. The van der Waals surface area contributed by atoms with Gasteiger partial charge in [-0.25, -0.2) is 14.6 Å². The highest BCUT2D eigenvalue weighted by atomic mass is 19.4. The fourth-order valence-electron chi connectivity index (χ4n) is 4.49. The molecule has 0 radical (unpaired) electrons. The summed E-state index contributed by atoms with van der Waals surface area (Å²) in [5.74, 6) is -3.05. The molecule has 8 nitrogen and oxygen atoms in total. The summed E-state index contributed by atoms with van der Waals surface area (Å²) in [6.07, 6.45) is -4.45. The van der Waals surface area contributed by atoms with Crippen molar-refractivity contribution in [2.24, 2.45) is 0 Å². The van der Waals surface area contributed by atoms with Gasteiger partial charge in [-0.1, -0.05) is 42.5 Å². The Balaban J connectivity index is 0.000000448. The van der Waals surface area contributed by atoms with E-state index < -0.39 is 18.1 Å². The fraction of sp³-hybridized carbons (Fsp3) is 0.250. The zero-order valence-corrected chi connectivity index (χ0v) is 20.9. The molecule has 1 fully saturated rings. The van der Waals surface area contributed by atoms with E-state index in [1.165, 1.54) is 5.56 Å². The Bertz CT molecular complexity index is 1500. The average Bonchev–Trinajstić information content (AvgIpc) is 3.47. The highest BCUT2D eigenvalue weighted by molar-refractivity contribution is 6.03. The summed E-state index contributed by atoms with van der Waals surface area (Å²) in [5, 5.41) is 26.5. The Morgan fingerprint density at radius 2 is 1.64 bits per heavy atom. The van der Waals surface area contributed by atoms with Gasteiger partial charge in [-0.3, -0.25) is 4.90 Å². The number of carboxylic acids is 2. The molecule has 39 heavy (non-hydrogen) atoms. The van der Waals surface area contributed by atoms with Crippen molar-refractivity contribution in [3.8, 4) is 22.3 Å². The lowest BCUT2D eigenvalue weighted by Gasteiger charge is -2.15. The van der Waals surface area contributed by atoms with Crippen molar-refractivity contribution in [1.29, 1.82) is 0 Å². The molecule has 1 aliphatic rings. The second kappa shape index (κ2) is 11.3. The number of aliphatic carboxylic acids is 1. The van der Waals surface area contributed by atoms with E-state index in [4.69, 9.17) is 9.90 Å². The highest BCUT2D eigenvalue weighted by Gasteiger charge is 2.38. The number of halogens is 3. The van der Waals surface area contributed by atoms with Crippen LogP contribution >= 0.6 is 0 Å². The predicted octanol–water partition coefficient (Wildman–Crippen LogP) is 5.10. The molecule has 0 spiro atoms. The second-order valence-corrected chi connectivity index (χ2v) is 9.31.